The van der Waals surface area contributed by atoms with E-state index in [1.807, 2.05) is 45.2 Å². The molecule has 1 unspecified atom stereocenters. The van der Waals surface area contributed by atoms with Gasteiger partial charge in [0.25, 0.3) is 0 Å². The van der Waals surface area contributed by atoms with E-state index in [0.717, 1.165) is 12.0 Å². The summed E-state index contributed by atoms with van der Waals surface area (Å²) in [6.07, 6.45) is -2.74. The third-order valence-electron chi connectivity index (χ3n) is 3.50. The second-order valence-electron chi connectivity index (χ2n) is 5.43. The lowest BCUT2D eigenvalue weighted by Crippen LogP contribution is -2.36. The number of hydrogen-bond acceptors (Lipinski definition) is 2. The first-order valence-electron chi connectivity index (χ1n) is 7.38. The number of nitrogens with one attached hydrogen (secondary N) is 1. The zero-order valence-electron chi connectivity index (χ0n) is 13.0. The molecule has 21 heavy (non-hydrogen) atoms. The average Bonchev–Trinajstić information content (AvgIpc) is 2.39. The summed E-state index contributed by atoms with van der Waals surface area (Å²) in [4.78, 5) is 1.48. The fourth-order valence-corrected chi connectivity index (χ4v) is 2.43. The highest BCUT2D eigenvalue weighted by Crippen LogP contribution is 2.20. The van der Waals surface area contributed by atoms with Gasteiger partial charge in [0.2, 0.25) is 0 Å². The molecule has 1 rings (SSSR count). The topological polar surface area (TPSA) is 15.3 Å². The van der Waals surface area contributed by atoms with Crippen LogP contribution in [-0.4, -0.2) is 37.8 Å². The second kappa shape index (κ2) is 8.39. The molecule has 2 nitrogen and oxygen atoms in total. The molecule has 120 valence electrons. The summed E-state index contributed by atoms with van der Waals surface area (Å²) >= 11 is 0. The molecule has 0 heterocycles. The predicted molar refractivity (Wildman–Crippen MR) is 80.4 cm³/mol. The molecule has 1 aromatic rings. The maximum absolute atomic E-state index is 12.5. The highest BCUT2D eigenvalue weighted by atomic mass is 19.4. The number of hydrogen-bond donors (Lipinski definition) is 1. The molecule has 0 aromatic heterocycles. The summed E-state index contributed by atoms with van der Waals surface area (Å²) in [5.74, 6) is 0. The van der Waals surface area contributed by atoms with E-state index in [1.165, 1.54) is 10.5 Å². The molecule has 0 amide bonds. The lowest BCUT2D eigenvalue weighted by molar-refractivity contribution is -0.146. The van der Waals surface area contributed by atoms with Crippen LogP contribution in [0, 0.1) is 6.92 Å². The first-order chi connectivity index (χ1) is 9.85. The lowest BCUT2D eigenvalue weighted by atomic mass is 10.0. The van der Waals surface area contributed by atoms with Gasteiger partial charge < -0.3 is 5.32 Å². The van der Waals surface area contributed by atoms with Crippen LogP contribution in [0.5, 0.6) is 0 Å². The van der Waals surface area contributed by atoms with Crippen molar-refractivity contribution < 1.29 is 13.2 Å². The van der Waals surface area contributed by atoms with E-state index in [2.05, 4.69) is 5.32 Å². The fraction of sp³-hybridized carbons (Fsp3) is 0.625. The van der Waals surface area contributed by atoms with E-state index < -0.39 is 12.7 Å². The zero-order valence-corrected chi connectivity index (χ0v) is 13.0. The van der Waals surface area contributed by atoms with Crippen LogP contribution in [0.1, 0.15) is 36.9 Å². The number of aryl methyl sites for hydroxylation is 1. The molecule has 0 fully saturated rings. The Kier molecular flexibility index (Phi) is 7.18. The Morgan fingerprint density at radius 1 is 1.14 bits per heavy atom. The summed E-state index contributed by atoms with van der Waals surface area (Å²) in [7, 11) is 1.85. The quantitative estimate of drug-likeness (QED) is 0.783. The van der Waals surface area contributed by atoms with Crippen LogP contribution in [-0.2, 0) is 0 Å². The molecule has 1 aromatic carbocycles. The van der Waals surface area contributed by atoms with Gasteiger partial charge in [-0.2, -0.15) is 13.2 Å². The SMILES string of the molecule is CCCN(CCC(NC)c1ccc(C)cc1)CC(F)(F)F. The standard InChI is InChI=1S/C16H25F3N2/c1-4-10-21(12-16(17,18)19)11-9-15(20-3)14-7-5-13(2)6-8-14/h5-8,15,20H,4,9-12H2,1-3H3. The van der Waals surface area contributed by atoms with Gasteiger partial charge >= 0.3 is 6.18 Å². The molecule has 0 aliphatic heterocycles. The molecule has 0 aliphatic rings. The van der Waals surface area contributed by atoms with Crippen LogP contribution in [0.3, 0.4) is 0 Å². The lowest BCUT2D eigenvalue weighted by Gasteiger charge is -2.25. The van der Waals surface area contributed by atoms with E-state index in [-0.39, 0.29) is 6.04 Å². The summed E-state index contributed by atoms with van der Waals surface area (Å²) < 4.78 is 37.6. The van der Waals surface area contributed by atoms with Gasteiger partial charge in [-0.1, -0.05) is 36.8 Å². The van der Waals surface area contributed by atoms with Crippen LogP contribution in [0.4, 0.5) is 13.2 Å². The van der Waals surface area contributed by atoms with Crippen molar-refractivity contribution in [2.24, 2.45) is 0 Å². The van der Waals surface area contributed by atoms with Gasteiger partial charge in [-0.25, -0.2) is 0 Å². The number of alkyl halides is 3. The number of halogens is 3. The normalized spacial score (nSPS) is 13.7. The minimum Gasteiger partial charge on any atom is -0.313 e. The smallest absolute Gasteiger partial charge is 0.313 e. The van der Waals surface area contributed by atoms with Crippen LogP contribution in [0.2, 0.25) is 0 Å². The van der Waals surface area contributed by atoms with Crippen LogP contribution < -0.4 is 5.32 Å². The Hall–Kier alpha value is -1.07. The molecular weight excluding hydrogens is 277 g/mol. The molecule has 1 atom stereocenters. The Bertz CT molecular complexity index is 401. The molecule has 0 aliphatic carbocycles. The molecule has 0 spiro atoms. The van der Waals surface area contributed by atoms with Crippen molar-refractivity contribution >= 4 is 0 Å². The van der Waals surface area contributed by atoms with Gasteiger partial charge in [0, 0.05) is 12.6 Å². The summed E-state index contributed by atoms with van der Waals surface area (Å²) in [5.41, 5.74) is 2.30. The van der Waals surface area contributed by atoms with Gasteiger partial charge in [0.05, 0.1) is 6.54 Å². The van der Waals surface area contributed by atoms with Crippen LogP contribution in [0.15, 0.2) is 24.3 Å². The van der Waals surface area contributed by atoms with E-state index in [4.69, 9.17) is 0 Å². The third-order valence-corrected chi connectivity index (χ3v) is 3.50. The van der Waals surface area contributed by atoms with Gasteiger partial charge in [-0.15, -0.1) is 0 Å². The van der Waals surface area contributed by atoms with Gasteiger partial charge in [-0.05, 0) is 38.9 Å². The number of rotatable bonds is 8. The fourth-order valence-electron chi connectivity index (χ4n) is 2.43. The minimum absolute atomic E-state index is 0.0817. The highest BCUT2D eigenvalue weighted by Gasteiger charge is 2.30. The summed E-state index contributed by atoms with van der Waals surface area (Å²) in [6.45, 7) is 4.01. The van der Waals surface area contributed by atoms with Crippen molar-refractivity contribution in [1.82, 2.24) is 10.2 Å². The van der Waals surface area contributed by atoms with Gasteiger partial charge in [0.1, 0.15) is 0 Å². The Balaban J connectivity index is 2.61. The third kappa shape index (κ3) is 6.96. The Labute approximate surface area is 125 Å². The van der Waals surface area contributed by atoms with Gasteiger partial charge in [0.15, 0.2) is 0 Å². The largest absolute Gasteiger partial charge is 0.401 e. The molecule has 0 bridgehead atoms. The maximum Gasteiger partial charge on any atom is 0.401 e. The van der Waals surface area contributed by atoms with E-state index in [9.17, 15) is 13.2 Å². The van der Waals surface area contributed by atoms with Crippen molar-refractivity contribution in [2.45, 2.75) is 38.9 Å². The second-order valence-corrected chi connectivity index (χ2v) is 5.43. The van der Waals surface area contributed by atoms with Gasteiger partial charge in [-0.3, -0.25) is 4.90 Å². The number of benzene rings is 1. The maximum atomic E-state index is 12.5. The molecule has 5 heteroatoms. The van der Waals surface area contributed by atoms with Crippen molar-refractivity contribution in [1.29, 1.82) is 0 Å². The highest BCUT2D eigenvalue weighted by molar-refractivity contribution is 5.24. The van der Waals surface area contributed by atoms with Crippen LogP contribution >= 0.6 is 0 Å². The molecule has 0 saturated carbocycles. The summed E-state index contributed by atoms with van der Waals surface area (Å²) in [6, 6.07) is 8.20. The molecule has 0 radical (unpaired) electrons. The van der Waals surface area contributed by atoms with Crippen molar-refractivity contribution in [3.63, 3.8) is 0 Å². The average molecular weight is 302 g/mol. The first-order valence-corrected chi connectivity index (χ1v) is 7.38. The molecule has 0 saturated heterocycles. The zero-order chi connectivity index (χ0) is 15.9. The monoisotopic (exact) mass is 302 g/mol. The van der Waals surface area contributed by atoms with E-state index in [0.29, 0.717) is 19.5 Å². The predicted octanol–water partition coefficient (Wildman–Crippen LogP) is 3.92. The Morgan fingerprint density at radius 3 is 2.24 bits per heavy atom. The Morgan fingerprint density at radius 2 is 1.76 bits per heavy atom. The van der Waals surface area contributed by atoms with Crippen molar-refractivity contribution in [2.75, 3.05) is 26.7 Å². The van der Waals surface area contributed by atoms with Crippen molar-refractivity contribution in [3.05, 3.63) is 35.4 Å². The minimum atomic E-state index is -4.13. The van der Waals surface area contributed by atoms with E-state index in [1.54, 1.807) is 0 Å². The van der Waals surface area contributed by atoms with E-state index >= 15 is 0 Å². The molecule has 1 N–H and O–H groups in total. The summed E-state index contributed by atoms with van der Waals surface area (Å²) in [5, 5.41) is 3.19. The van der Waals surface area contributed by atoms with Crippen LogP contribution in [0.25, 0.3) is 0 Å². The molecular formula is C16H25F3N2. The van der Waals surface area contributed by atoms with Crippen molar-refractivity contribution in [3.8, 4) is 0 Å². The number of nitrogens with zero attached hydrogens (tertiary/aromatic N) is 1. The first kappa shape index (κ1) is 18.0.